The number of primary amides is 1. The number of nitrogens with zero attached hydrogens (tertiary/aromatic N) is 3. The zero-order valence-electron chi connectivity index (χ0n) is 15.7. The highest BCUT2D eigenvalue weighted by Gasteiger charge is 2.33. The summed E-state index contributed by atoms with van der Waals surface area (Å²) in [5.74, 6) is 1.44. The van der Waals surface area contributed by atoms with Crippen LogP contribution in [0.3, 0.4) is 0 Å². The van der Waals surface area contributed by atoms with E-state index in [1.165, 1.54) is 0 Å². The first-order chi connectivity index (χ1) is 13.6. The van der Waals surface area contributed by atoms with Gasteiger partial charge in [0, 0.05) is 11.3 Å². The van der Waals surface area contributed by atoms with E-state index in [-0.39, 0.29) is 0 Å². The summed E-state index contributed by atoms with van der Waals surface area (Å²) < 4.78 is 7.21. The lowest BCUT2D eigenvalue weighted by Gasteiger charge is -2.27. The molecule has 0 saturated carbocycles. The Labute approximate surface area is 162 Å². The van der Waals surface area contributed by atoms with Crippen LogP contribution < -0.4 is 15.8 Å². The first kappa shape index (κ1) is 17.8. The lowest BCUT2D eigenvalue weighted by Crippen LogP contribution is -2.31. The zero-order chi connectivity index (χ0) is 19.7. The van der Waals surface area contributed by atoms with Gasteiger partial charge in [0.05, 0.1) is 12.2 Å². The van der Waals surface area contributed by atoms with Crippen molar-refractivity contribution in [2.24, 2.45) is 5.73 Å². The molecule has 0 bridgehead atoms. The molecule has 1 atom stereocenters. The third-order valence-corrected chi connectivity index (χ3v) is 4.66. The van der Waals surface area contributed by atoms with Crippen molar-refractivity contribution in [3.63, 3.8) is 0 Å². The summed E-state index contributed by atoms with van der Waals surface area (Å²) in [6.45, 7) is 4.38. The van der Waals surface area contributed by atoms with Gasteiger partial charge in [-0.05, 0) is 43.7 Å². The Hall–Kier alpha value is -3.61. The van der Waals surface area contributed by atoms with E-state index >= 15 is 0 Å². The summed E-state index contributed by atoms with van der Waals surface area (Å²) in [6.07, 6.45) is 0. The molecule has 0 spiro atoms. The summed E-state index contributed by atoms with van der Waals surface area (Å²) in [6, 6.07) is 16.9. The number of rotatable bonds is 5. The predicted octanol–water partition coefficient (Wildman–Crippen LogP) is 3.12. The topological polar surface area (TPSA) is 95.1 Å². The van der Waals surface area contributed by atoms with E-state index in [0.717, 1.165) is 16.9 Å². The predicted molar refractivity (Wildman–Crippen MR) is 107 cm³/mol. The molecule has 0 unspecified atom stereocenters. The van der Waals surface area contributed by atoms with E-state index in [4.69, 9.17) is 10.5 Å². The van der Waals surface area contributed by atoms with Crippen molar-refractivity contribution < 1.29 is 9.53 Å². The van der Waals surface area contributed by atoms with Crippen LogP contribution in [0.4, 0.5) is 5.95 Å². The SMILES string of the molecule is CCOc1ccc(-c2nc3n(n2)[C@@H](c2ccccc2)C(C(N)=O)=C(C)N3)cc1. The number of allylic oxidation sites excluding steroid dienone is 1. The molecule has 142 valence electrons. The Morgan fingerprint density at radius 1 is 1.18 bits per heavy atom. The van der Waals surface area contributed by atoms with Crippen molar-refractivity contribution in [2.45, 2.75) is 19.9 Å². The summed E-state index contributed by atoms with van der Waals surface area (Å²) >= 11 is 0. The normalized spacial score (nSPS) is 15.7. The summed E-state index contributed by atoms with van der Waals surface area (Å²) in [4.78, 5) is 16.8. The molecule has 1 amide bonds. The van der Waals surface area contributed by atoms with Gasteiger partial charge in [-0.1, -0.05) is 30.3 Å². The van der Waals surface area contributed by atoms with Gasteiger partial charge in [0.2, 0.25) is 11.9 Å². The molecule has 3 aromatic rings. The van der Waals surface area contributed by atoms with Gasteiger partial charge in [0.25, 0.3) is 0 Å². The third kappa shape index (κ3) is 3.11. The van der Waals surface area contributed by atoms with Crippen LogP contribution in [0.2, 0.25) is 0 Å². The van der Waals surface area contributed by atoms with Crippen molar-refractivity contribution in [3.05, 3.63) is 71.4 Å². The van der Waals surface area contributed by atoms with E-state index in [1.54, 1.807) is 4.68 Å². The van der Waals surface area contributed by atoms with E-state index in [2.05, 4.69) is 15.4 Å². The van der Waals surface area contributed by atoms with Crippen LogP contribution in [-0.4, -0.2) is 27.3 Å². The van der Waals surface area contributed by atoms with Gasteiger partial charge in [0.15, 0.2) is 5.82 Å². The van der Waals surface area contributed by atoms with Crippen molar-refractivity contribution in [1.82, 2.24) is 14.8 Å². The Morgan fingerprint density at radius 2 is 1.89 bits per heavy atom. The van der Waals surface area contributed by atoms with Gasteiger partial charge in [-0.25, -0.2) is 4.68 Å². The van der Waals surface area contributed by atoms with E-state index < -0.39 is 11.9 Å². The lowest BCUT2D eigenvalue weighted by atomic mass is 9.95. The maximum Gasteiger partial charge on any atom is 0.248 e. The fourth-order valence-electron chi connectivity index (χ4n) is 3.40. The molecule has 3 N–H and O–H groups in total. The molecule has 0 saturated heterocycles. The number of anilines is 1. The van der Waals surface area contributed by atoms with Crippen LogP contribution in [0, 0.1) is 0 Å². The van der Waals surface area contributed by atoms with Crippen molar-refractivity contribution in [1.29, 1.82) is 0 Å². The van der Waals surface area contributed by atoms with Gasteiger partial charge in [0.1, 0.15) is 11.8 Å². The lowest BCUT2D eigenvalue weighted by molar-refractivity contribution is -0.115. The molecule has 1 aliphatic heterocycles. The fourth-order valence-corrected chi connectivity index (χ4v) is 3.40. The highest BCUT2D eigenvalue weighted by atomic mass is 16.5. The van der Waals surface area contributed by atoms with Crippen molar-refractivity contribution in [2.75, 3.05) is 11.9 Å². The Morgan fingerprint density at radius 3 is 2.54 bits per heavy atom. The highest BCUT2D eigenvalue weighted by molar-refractivity contribution is 5.95. The van der Waals surface area contributed by atoms with Crippen LogP contribution in [0.25, 0.3) is 11.4 Å². The average Bonchev–Trinajstić information content (AvgIpc) is 3.11. The molecular weight excluding hydrogens is 354 g/mol. The average molecular weight is 375 g/mol. The second-order valence-electron chi connectivity index (χ2n) is 6.50. The smallest absolute Gasteiger partial charge is 0.248 e. The summed E-state index contributed by atoms with van der Waals surface area (Å²) in [7, 11) is 0. The molecule has 4 rings (SSSR count). The highest BCUT2D eigenvalue weighted by Crippen LogP contribution is 2.36. The Kier molecular flexibility index (Phi) is 4.57. The number of ether oxygens (including phenoxy) is 1. The minimum Gasteiger partial charge on any atom is -0.494 e. The van der Waals surface area contributed by atoms with Gasteiger partial charge in [-0.2, -0.15) is 4.98 Å². The van der Waals surface area contributed by atoms with E-state index in [1.807, 2.05) is 68.4 Å². The van der Waals surface area contributed by atoms with Crippen LogP contribution in [0.15, 0.2) is 65.9 Å². The van der Waals surface area contributed by atoms with Crippen LogP contribution >= 0.6 is 0 Å². The van der Waals surface area contributed by atoms with E-state index in [0.29, 0.717) is 29.6 Å². The third-order valence-electron chi connectivity index (χ3n) is 4.66. The summed E-state index contributed by atoms with van der Waals surface area (Å²) in [5.41, 5.74) is 8.62. The number of hydrogen-bond donors (Lipinski definition) is 2. The minimum atomic E-state index is -0.484. The van der Waals surface area contributed by atoms with Crippen LogP contribution in [-0.2, 0) is 4.79 Å². The van der Waals surface area contributed by atoms with Gasteiger partial charge in [-0.3, -0.25) is 4.79 Å². The standard InChI is InChI=1S/C21H21N5O2/c1-3-28-16-11-9-15(10-12-16)20-24-21-23-13(2)17(19(22)27)18(26(21)25-20)14-7-5-4-6-8-14/h4-12,18H,3H2,1-2H3,(H2,22,27)(H,23,24,25)/t18-/m0/s1. The number of nitrogens with two attached hydrogens (primary N) is 1. The molecule has 7 heteroatoms. The maximum atomic E-state index is 12.2. The molecular formula is C21H21N5O2. The first-order valence-electron chi connectivity index (χ1n) is 9.10. The minimum absolute atomic E-state index is 0.432. The van der Waals surface area contributed by atoms with Gasteiger partial charge < -0.3 is 15.8 Å². The molecule has 2 heterocycles. The Bertz CT molecular complexity index is 1040. The molecule has 1 aromatic heterocycles. The van der Waals surface area contributed by atoms with E-state index in [9.17, 15) is 4.79 Å². The molecule has 28 heavy (non-hydrogen) atoms. The number of fused-ring (bicyclic) bond motifs is 1. The number of amides is 1. The second-order valence-corrected chi connectivity index (χ2v) is 6.50. The molecule has 0 fully saturated rings. The van der Waals surface area contributed by atoms with Crippen molar-refractivity contribution in [3.8, 4) is 17.1 Å². The quantitative estimate of drug-likeness (QED) is 0.714. The monoisotopic (exact) mass is 375 g/mol. The molecule has 2 aromatic carbocycles. The second kappa shape index (κ2) is 7.19. The number of aromatic nitrogens is 3. The number of benzene rings is 2. The van der Waals surface area contributed by atoms with Crippen LogP contribution in [0.5, 0.6) is 5.75 Å². The zero-order valence-corrected chi connectivity index (χ0v) is 15.7. The van der Waals surface area contributed by atoms with Gasteiger partial charge >= 0.3 is 0 Å². The van der Waals surface area contributed by atoms with Gasteiger partial charge in [-0.15, -0.1) is 5.10 Å². The molecule has 0 radical (unpaired) electrons. The number of carbonyl (C=O) groups is 1. The number of hydrogen-bond acceptors (Lipinski definition) is 5. The molecule has 0 aliphatic carbocycles. The number of nitrogens with one attached hydrogen (secondary N) is 1. The molecule has 1 aliphatic rings. The summed E-state index contributed by atoms with van der Waals surface area (Å²) in [5, 5.41) is 7.84. The van der Waals surface area contributed by atoms with Crippen molar-refractivity contribution >= 4 is 11.9 Å². The largest absolute Gasteiger partial charge is 0.494 e. The first-order valence-corrected chi connectivity index (χ1v) is 9.10. The maximum absolute atomic E-state index is 12.2. The fraction of sp³-hybridized carbons (Fsp3) is 0.190. The Balaban J connectivity index is 1.79. The molecule has 7 nitrogen and oxygen atoms in total. The van der Waals surface area contributed by atoms with Crippen LogP contribution in [0.1, 0.15) is 25.5 Å². The number of carbonyl (C=O) groups excluding carboxylic acids is 1.